The minimum atomic E-state index is -0.521. The van der Waals surface area contributed by atoms with Gasteiger partial charge in [-0.1, -0.05) is 11.6 Å². The Morgan fingerprint density at radius 3 is 2.74 bits per heavy atom. The van der Waals surface area contributed by atoms with Gasteiger partial charge < -0.3 is 20.5 Å². The number of hydrogen-bond acceptors (Lipinski definition) is 6. The van der Waals surface area contributed by atoms with Gasteiger partial charge in [-0.05, 0) is 71.1 Å². The molecule has 35 heavy (non-hydrogen) atoms. The van der Waals surface area contributed by atoms with Gasteiger partial charge in [0, 0.05) is 42.7 Å². The van der Waals surface area contributed by atoms with Crippen LogP contribution in [0.4, 0.5) is 0 Å². The number of carbonyl (C=O) groups is 2. The summed E-state index contributed by atoms with van der Waals surface area (Å²) in [6.07, 6.45) is 2.20. The summed E-state index contributed by atoms with van der Waals surface area (Å²) in [6.45, 7) is 10.2. The van der Waals surface area contributed by atoms with Crippen molar-refractivity contribution in [2.24, 2.45) is 22.6 Å². The Bertz CT molecular complexity index is 1050. The lowest BCUT2D eigenvalue weighted by atomic mass is 9.89. The van der Waals surface area contributed by atoms with Crippen molar-refractivity contribution < 1.29 is 19.1 Å². The van der Waals surface area contributed by atoms with Crippen LogP contribution in [0.3, 0.4) is 0 Å². The highest BCUT2D eigenvalue weighted by Crippen LogP contribution is 2.47. The molecule has 0 spiro atoms. The molecule has 0 aromatic heterocycles. The highest BCUT2D eigenvalue weighted by molar-refractivity contribution is 6.31. The van der Waals surface area contributed by atoms with E-state index in [1.165, 1.54) is 0 Å². The smallest absolute Gasteiger partial charge is 0.231 e. The molecule has 1 saturated carbocycles. The average molecular weight is 505 g/mol. The highest BCUT2D eigenvalue weighted by atomic mass is 35.5. The molecule has 1 aromatic rings. The molecule has 4 atom stereocenters. The second-order valence-corrected chi connectivity index (χ2v) is 11.8. The molecule has 3 N–H and O–H groups in total. The summed E-state index contributed by atoms with van der Waals surface area (Å²) >= 11 is 6.40. The van der Waals surface area contributed by atoms with Gasteiger partial charge in [-0.15, -0.1) is 0 Å². The fourth-order valence-electron chi connectivity index (χ4n) is 5.44. The molecule has 3 aliphatic rings. The molecule has 1 fully saturated rings. The molecular formula is C26H37ClN4O4. The predicted molar refractivity (Wildman–Crippen MR) is 135 cm³/mol. The van der Waals surface area contributed by atoms with E-state index in [4.69, 9.17) is 26.8 Å². The molecule has 4 rings (SSSR count). The summed E-state index contributed by atoms with van der Waals surface area (Å²) in [4.78, 5) is 32.6. The fourth-order valence-corrected chi connectivity index (χ4v) is 5.61. The van der Waals surface area contributed by atoms with E-state index in [0.29, 0.717) is 30.9 Å². The number of methoxy groups -OCH3 is 1. The number of halogens is 1. The molecule has 192 valence electrons. The van der Waals surface area contributed by atoms with Crippen molar-refractivity contribution in [3.63, 3.8) is 0 Å². The van der Waals surface area contributed by atoms with Gasteiger partial charge in [-0.3, -0.25) is 14.5 Å². The van der Waals surface area contributed by atoms with Crippen LogP contribution in [0, 0.1) is 18.8 Å². The van der Waals surface area contributed by atoms with E-state index in [1.807, 2.05) is 46.8 Å². The minimum absolute atomic E-state index is 0.00186. The van der Waals surface area contributed by atoms with Gasteiger partial charge >= 0.3 is 0 Å². The maximum atomic E-state index is 13.4. The van der Waals surface area contributed by atoms with Crippen molar-refractivity contribution >= 4 is 29.4 Å². The van der Waals surface area contributed by atoms with Crippen LogP contribution in [-0.2, 0) is 14.3 Å². The molecule has 0 saturated heterocycles. The lowest BCUT2D eigenvalue weighted by Gasteiger charge is -2.39. The van der Waals surface area contributed by atoms with E-state index in [9.17, 15) is 9.59 Å². The van der Waals surface area contributed by atoms with Crippen molar-refractivity contribution in [3.05, 3.63) is 28.3 Å². The third-order valence-corrected chi connectivity index (χ3v) is 7.61. The summed E-state index contributed by atoms with van der Waals surface area (Å²) in [5.74, 6) is 0.691. The van der Waals surface area contributed by atoms with Crippen LogP contribution in [0.1, 0.15) is 70.5 Å². The highest BCUT2D eigenvalue weighted by Gasteiger charge is 2.52. The number of ether oxygens (including phenoxy) is 2. The number of carbonyl (C=O) groups excluding carboxylic acids is 2. The molecule has 0 radical (unpaired) electrons. The topological polar surface area (TPSA) is 106 Å². The van der Waals surface area contributed by atoms with Crippen molar-refractivity contribution in [2.75, 3.05) is 13.7 Å². The maximum Gasteiger partial charge on any atom is 0.231 e. The number of aliphatic imine (C=N–C) groups is 1. The summed E-state index contributed by atoms with van der Waals surface area (Å²) in [7, 11) is 1.63. The number of hydrogen-bond donors (Lipinski definition) is 2. The van der Waals surface area contributed by atoms with Crippen LogP contribution < -0.4 is 15.8 Å². The number of nitrogens with zero attached hydrogens (tertiary/aromatic N) is 2. The first kappa shape index (κ1) is 25.8. The average Bonchev–Trinajstić information content (AvgIpc) is 3.51. The van der Waals surface area contributed by atoms with Crippen LogP contribution in [0.5, 0.6) is 5.75 Å². The SMILES string of the molecule is COCC[C@H]([C@@H]1C[C@H]1C(=O)N[C@H]1CC(C)(C)Oc2cc(C)c(Cl)cc21)N1C(=O)CC(C)(C)N=C1N. The molecule has 1 aromatic carbocycles. The van der Waals surface area contributed by atoms with Gasteiger partial charge in [-0.25, -0.2) is 4.99 Å². The molecule has 9 heteroatoms. The molecule has 0 bridgehead atoms. The number of aryl methyl sites for hydroxylation is 1. The first-order valence-corrected chi connectivity index (χ1v) is 12.7. The van der Waals surface area contributed by atoms with Gasteiger partial charge in [0.15, 0.2) is 5.96 Å². The number of amides is 2. The molecule has 0 unspecified atom stereocenters. The molecule has 8 nitrogen and oxygen atoms in total. The zero-order chi connectivity index (χ0) is 25.7. The van der Waals surface area contributed by atoms with Crippen LogP contribution >= 0.6 is 11.6 Å². The van der Waals surface area contributed by atoms with Crippen molar-refractivity contribution in [1.82, 2.24) is 10.2 Å². The summed E-state index contributed by atoms with van der Waals surface area (Å²) in [5, 5.41) is 3.89. The number of benzene rings is 1. The monoisotopic (exact) mass is 504 g/mol. The first-order chi connectivity index (χ1) is 16.3. The van der Waals surface area contributed by atoms with E-state index >= 15 is 0 Å². The number of nitrogens with two attached hydrogens (primary N) is 1. The number of guanidine groups is 1. The lowest BCUT2D eigenvalue weighted by molar-refractivity contribution is -0.132. The number of fused-ring (bicyclic) bond motifs is 1. The Morgan fingerprint density at radius 1 is 1.37 bits per heavy atom. The van der Waals surface area contributed by atoms with Crippen LogP contribution in [-0.4, -0.2) is 53.6 Å². The molecule has 2 heterocycles. The van der Waals surface area contributed by atoms with Gasteiger partial charge in [0.25, 0.3) is 0 Å². The second-order valence-electron chi connectivity index (χ2n) is 11.3. The van der Waals surface area contributed by atoms with Crippen molar-refractivity contribution in [2.45, 2.75) is 83.5 Å². The van der Waals surface area contributed by atoms with Gasteiger partial charge in [0.1, 0.15) is 11.4 Å². The van der Waals surface area contributed by atoms with Crippen LogP contribution in [0.25, 0.3) is 0 Å². The van der Waals surface area contributed by atoms with Crippen LogP contribution in [0.2, 0.25) is 5.02 Å². The predicted octanol–water partition coefficient (Wildman–Crippen LogP) is 3.73. The molecule has 1 aliphatic carbocycles. The van der Waals surface area contributed by atoms with Gasteiger partial charge in [0.05, 0.1) is 18.0 Å². The van der Waals surface area contributed by atoms with Crippen molar-refractivity contribution in [3.8, 4) is 5.75 Å². The van der Waals surface area contributed by atoms with Gasteiger partial charge in [0.2, 0.25) is 11.8 Å². The Labute approximate surface area is 212 Å². The number of nitrogens with one attached hydrogen (secondary N) is 1. The zero-order valence-electron chi connectivity index (χ0n) is 21.5. The Balaban J connectivity index is 1.52. The zero-order valence-corrected chi connectivity index (χ0v) is 22.2. The molecular weight excluding hydrogens is 468 g/mol. The van der Waals surface area contributed by atoms with E-state index in [1.54, 1.807) is 12.0 Å². The van der Waals surface area contributed by atoms with Crippen LogP contribution in [0.15, 0.2) is 17.1 Å². The third kappa shape index (κ3) is 5.43. The standard InChI is InChI=1S/C26H37ClN4O4/c1-14-9-21-17(11-18(14)27)19(12-26(4,5)35-21)29-23(33)16-10-15(16)20(7-8-34-6)31-22(32)13-25(2,3)30-24(31)28/h9,11,15-16,19-20H,7-8,10,12-13H2,1-6H3,(H2,28,30)(H,29,33)/t15-,16-,19+,20-/m1/s1. The molecule has 2 amide bonds. The first-order valence-electron chi connectivity index (χ1n) is 12.3. The summed E-state index contributed by atoms with van der Waals surface area (Å²) in [5.41, 5.74) is 7.14. The normalized spacial score (nSPS) is 27.4. The van der Waals surface area contributed by atoms with Gasteiger partial charge in [-0.2, -0.15) is 0 Å². The quantitative estimate of drug-likeness (QED) is 0.588. The Morgan fingerprint density at radius 2 is 2.09 bits per heavy atom. The van der Waals surface area contributed by atoms with E-state index < -0.39 is 11.1 Å². The van der Waals surface area contributed by atoms with Crippen molar-refractivity contribution in [1.29, 1.82) is 0 Å². The van der Waals surface area contributed by atoms with E-state index in [0.717, 1.165) is 16.9 Å². The number of rotatable bonds is 7. The van der Waals surface area contributed by atoms with E-state index in [2.05, 4.69) is 10.3 Å². The Kier molecular flexibility index (Phi) is 6.83. The van der Waals surface area contributed by atoms with E-state index in [-0.39, 0.29) is 48.1 Å². The summed E-state index contributed by atoms with van der Waals surface area (Å²) in [6, 6.07) is 3.39. The second kappa shape index (κ2) is 9.28. The third-order valence-electron chi connectivity index (χ3n) is 7.20. The maximum absolute atomic E-state index is 13.4. The largest absolute Gasteiger partial charge is 0.487 e. The Hall–Kier alpha value is -2.32. The lowest BCUT2D eigenvalue weighted by Crippen LogP contribution is -2.55. The summed E-state index contributed by atoms with van der Waals surface area (Å²) < 4.78 is 11.5. The molecule has 2 aliphatic heterocycles. The fraction of sp³-hybridized carbons (Fsp3) is 0.654. The minimum Gasteiger partial charge on any atom is -0.487 e.